The molecule has 57 heavy (non-hydrogen) atoms. The van der Waals surface area contributed by atoms with E-state index in [0.717, 1.165) is 63.0 Å². The third-order valence-corrected chi connectivity index (χ3v) is 11.9. The molecule has 0 aliphatic heterocycles. The van der Waals surface area contributed by atoms with E-state index < -0.39 is 0 Å². The molecule has 0 amide bonds. The van der Waals surface area contributed by atoms with E-state index in [2.05, 4.69) is 183 Å². The third-order valence-electron chi connectivity index (χ3n) is 11.9. The zero-order chi connectivity index (χ0) is 38.5. The van der Waals surface area contributed by atoms with Gasteiger partial charge in [0.15, 0.2) is 0 Å². The molecule has 2 heteroatoms. The topological polar surface area (TPSA) is 16.4 Å². The van der Waals surface area contributed by atoms with Crippen molar-refractivity contribution < 1.29 is 4.42 Å². The van der Waals surface area contributed by atoms with E-state index >= 15 is 0 Å². The SMILES string of the molecule is C=C/C=C\C=C\c1ccc2cccc3c2c1-c1ccc(N(c2ccc(C4=CCCC=C4)cc2)c2ccc(-c4cccc5c4oc4ccccc45)cc2)cc1C3(C)C. The van der Waals surface area contributed by atoms with Crippen molar-refractivity contribution in [2.45, 2.75) is 32.1 Å². The molecule has 0 saturated carbocycles. The highest BCUT2D eigenvalue weighted by atomic mass is 16.3. The first-order valence-corrected chi connectivity index (χ1v) is 19.9. The van der Waals surface area contributed by atoms with Crippen LogP contribution in [0, 0.1) is 0 Å². The van der Waals surface area contributed by atoms with Gasteiger partial charge in [-0.15, -0.1) is 0 Å². The molecule has 0 atom stereocenters. The van der Waals surface area contributed by atoms with Crippen LogP contribution in [0.2, 0.25) is 0 Å². The summed E-state index contributed by atoms with van der Waals surface area (Å²) in [7, 11) is 0. The monoisotopic (exact) mass is 733 g/mol. The summed E-state index contributed by atoms with van der Waals surface area (Å²) in [6.07, 6.45) is 19.2. The number of nitrogens with zero attached hydrogens (tertiary/aromatic N) is 1. The summed E-state index contributed by atoms with van der Waals surface area (Å²) in [5.41, 5.74) is 16.1. The van der Waals surface area contributed by atoms with Crippen LogP contribution in [0.4, 0.5) is 17.1 Å². The minimum Gasteiger partial charge on any atom is -0.455 e. The Balaban J connectivity index is 1.12. The van der Waals surface area contributed by atoms with Gasteiger partial charge in [0, 0.05) is 38.8 Å². The van der Waals surface area contributed by atoms with Gasteiger partial charge in [0.2, 0.25) is 0 Å². The zero-order valence-corrected chi connectivity index (χ0v) is 32.4. The molecule has 0 radical (unpaired) electrons. The van der Waals surface area contributed by atoms with Crippen LogP contribution in [0.1, 0.15) is 48.9 Å². The molecule has 2 aliphatic carbocycles. The number of fused-ring (bicyclic) bond motifs is 5. The lowest BCUT2D eigenvalue weighted by molar-refractivity contribution is 0.645. The largest absolute Gasteiger partial charge is 0.455 e. The molecule has 0 unspecified atom stereocenters. The van der Waals surface area contributed by atoms with Crippen LogP contribution in [0.15, 0.2) is 193 Å². The van der Waals surface area contributed by atoms with Gasteiger partial charge in [-0.1, -0.05) is 166 Å². The second-order valence-corrected chi connectivity index (χ2v) is 15.6. The van der Waals surface area contributed by atoms with Crippen LogP contribution in [0.25, 0.3) is 66.6 Å². The minimum atomic E-state index is -0.229. The van der Waals surface area contributed by atoms with Gasteiger partial charge in [0.25, 0.3) is 0 Å². The van der Waals surface area contributed by atoms with E-state index in [1.807, 2.05) is 30.4 Å². The van der Waals surface area contributed by atoms with Crippen LogP contribution in [-0.2, 0) is 5.41 Å². The van der Waals surface area contributed by atoms with E-state index in [1.54, 1.807) is 0 Å². The van der Waals surface area contributed by atoms with E-state index in [0.29, 0.717) is 0 Å². The lowest BCUT2D eigenvalue weighted by Gasteiger charge is -2.37. The van der Waals surface area contributed by atoms with Crippen molar-refractivity contribution in [3.05, 3.63) is 211 Å². The summed E-state index contributed by atoms with van der Waals surface area (Å²) < 4.78 is 6.44. The Bertz CT molecular complexity index is 2980. The zero-order valence-electron chi connectivity index (χ0n) is 32.4. The van der Waals surface area contributed by atoms with Crippen molar-refractivity contribution in [3.8, 4) is 22.3 Å². The first-order chi connectivity index (χ1) is 28.0. The van der Waals surface area contributed by atoms with Gasteiger partial charge < -0.3 is 9.32 Å². The third kappa shape index (κ3) is 5.88. The Morgan fingerprint density at radius 2 is 1.39 bits per heavy atom. The Kier molecular flexibility index (Phi) is 8.49. The number of allylic oxidation sites excluding steroid dienone is 8. The molecule has 2 aliphatic rings. The van der Waals surface area contributed by atoms with Crippen LogP contribution in [0.5, 0.6) is 0 Å². The van der Waals surface area contributed by atoms with Gasteiger partial charge in [-0.05, 0) is 111 Å². The molecule has 1 aromatic heterocycles. The van der Waals surface area contributed by atoms with Crippen molar-refractivity contribution in [3.63, 3.8) is 0 Å². The summed E-state index contributed by atoms with van der Waals surface area (Å²) in [4.78, 5) is 2.40. The quantitative estimate of drug-likeness (QED) is 0.145. The van der Waals surface area contributed by atoms with Crippen molar-refractivity contribution in [1.82, 2.24) is 0 Å². The highest BCUT2D eigenvalue weighted by Gasteiger charge is 2.35. The number of hydrogen-bond donors (Lipinski definition) is 0. The summed E-state index contributed by atoms with van der Waals surface area (Å²) >= 11 is 0. The van der Waals surface area contributed by atoms with Crippen molar-refractivity contribution >= 4 is 61.4 Å². The number of furan rings is 1. The molecular weight excluding hydrogens is 691 g/mol. The van der Waals surface area contributed by atoms with E-state index in [9.17, 15) is 0 Å². The molecule has 0 fully saturated rings. The second kappa shape index (κ2) is 14.0. The Hall–Kier alpha value is -6.90. The summed E-state index contributed by atoms with van der Waals surface area (Å²) in [5.74, 6) is 0. The Morgan fingerprint density at radius 3 is 2.18 bits per heavy atom. The maximum atomic E-state index is 6.44. The van der Waals surface area contributed by atoms with E-state index in [1.165, 1.54) is 49.7 Å². The van der Waals surface area contributed by atoms with Crippen LogP contribution >= 0.6 is 0 Å². The second-order valence-electron chi connectivity index (χ2n) is 15.6. The first-order valence-electron chi connectivity index (χ1n) is 19.9. The number of rotatable bonds is 8. The molecule has 8 aromatic rings. The molecule has 274 valence electrons. The Morgan fingerprint density at radius 1 is 0.632 bits per heavy atom. The molecule has 2 nitrogen and oxygen atoms in total. The number of hydrogen-bond acceptors (Lipinski definition) is 2. The molecular formula is C55H43NO. The normalized spacial score (nSPS) is 14.5. The van der Waals surface area contributed by atoms with Crippen LogP contribution < -0.4 is 4.90 Å². The van der Waals surface area contributed by atoms with Crippen LogP contribution in [-0.4, -0.2) is 0 Å². The first kappa shape index (κ1) is 34.6. The molecule has 10 rings (SSSR count). The predicted molar refractivity (Wildman–Crippen MR) is 244 cm³/mol. The molecule has 7 aromatic carbocycles. The predicted octanol–water partition coefficient (Wildman–Crippen LogP) is 15.7. The maximum Gasteiger partial charge on any atom is 0.143 e. The van der Waals surface area contributed by atoms with E-state index in [4.69, 9.17) is 4.42 Å². The van der Waals surface area contributed by atoms with Gasteiger partial charge in [0.1, 0.15) is 11.2 Å². The molecule has 0 saturated heterocycles. The highest BCUT2D eigenvalue weighted by Crippen LogP contribution is 2.52. The smallest absolute Gasteiger partial charge is 0.143 e. The maximum absolute atomic E-state index is 6.44. The number of para-hydroxylation sites is 2. The summed E-state index contributed by atoms with van der Waals surface area (Å²) in [6, 6.07) is 51.1. The van der Waals surface area contributed by atoms with Gasteiger partial charge in [0.05, 0.1) is 0 Å². The molecule has 0 spiro atoms. The standard InChI is InChI=1S/C55H43NO/c1-4-5-6-8-17-40-24-25-41-18-13-22-49-53(41)52(40)48-35-34-44(36-50(48)55(49,2)3)56(42-30-26-38(27-31-42)37-15-9-7-10-16-37)43-32-28-39(29-33-43)45-20-14-21-47-46-19-11-12-23-51(46)57-54(45)47/h4-6,8-9,11-36H,1,7,10H2,2-3H3/b6-5-,17-8+. The van der Waals surface area contributed by atoms with Gasteiger partial charge in [-0.2, -0.15) is 0 Å². The average Bonchev–Trinajstić information content (AvgIpc) is 3.65. The lowest BCUT2D eigenvalue weighted by Crippen LogP contribution is -2.24. The summed E-state index contributed by atoms with van der Waals surface area (Å²) in [6.45, 7) is 8.59. The van der Waals surface area contributed by atoms with Gasteiger partial charge in [-0.3, -0.25) is 0 Å². The average molecular weight is 734 g/mol. The molecule has 0 bridgehead atoms. The van der Waals surface area contributed by atoms with Crippen molar-refractivity contribution in [2.75, 3.05) is 4.90 Å². The minimum absolute atomic E-state index is 0.229. The number of anilines is 3. The fourth-order valence-corrected chi connectivity index (χ4v) is 9.04. The highest BCUT2D eigenvalue weighted by molar-refractivity contribution is 6.10. The van der Waals surface area contributed by atoms with Gasteiger partial charge in [-0.25, -0.2) is 0 Å². The molecule has 0 N–H and O–H groups in total. The van der Waals surface area contributed by atoms with Crippen molar-refractivity contribution in [2.24, 2.45) is 0 Å². The van der Waals surface area contributed by atoms with Gasteiger partial charge >= 0.3 is 0 Å². The van der Waals surface area contributed by atoms with Crippen molar-refractivity contribution in [1.29, 1.82) is 0 Å². The fourth-order valence-electron chi connectivity index (χ4n) is 9.04. The molecule has 1 heterocycles. The Labute approximate surface area is 334 Å². The fraction of sp³-hybridized carbons (Fsp3) is 0.0909. The van der Waals surface area contributed by atoms with Crippen LogP contribution in [0.3, 0.4) is 0 Å². The lowest BCUT2D eigenvalue weighted by atomic mass is 9.67. The summed E-state index contributed by atoms with van der Waals surface area (Å²) in [5, 5.41) is 4.89. The number of benzene rings is 7. The van der Waals surface area contributed by atoms with E-state index in [-0.39, 0.29) is 5.41 Å².